The molecule has 0 bridgehead atoms. The van der Waals surface area contributed by atoms with E-state index in [4.69, 9.17) is 0 Å². The molecule has 4 nitrogen and oxygen atoms in total. The van der Waals surface area contributed by atoms with Gasteiger partial charge < -0.3 is 15.1 Å². The fraction of sp³-hybridized carbons (Fsp3) is 0.923. The molecule has 0 radical (unpaired) electrons. The molecule has 4 heteroatoms. The molecule has 98 valence electrons. The monoisotopic (exact) mass is 241 g/mol. The van der Waals surface area contributed by atoms with Gasteiger partial charge in [0.25, 0.3) is 0 Å². The molecule has 2 N–H and O–H groups in total. The summed E-state index contributed by atoms with van der Waals surface area (Å²) >= 11 is 0. The van der Waals surface area contributed by atoms with E-state index >= 15 is 0 Å². The number of aliphatic carboxylic acids is 1. The first-order valence-corrected chi connectivity index (χ1v) is 6.58. The van der Waals surface area contributed by atoms with Crippen molar-refractivity contribution in [2.24, 2.45) is 11.3 Å². The second kappa shape index (κ2) is 4.25. The third-order valence-electron chi connectivity index (χ3n) is 4.36. The van der Waals surface area contributed by atoms with Crippen LogP contribution in [0.4, 0.5) is 0 Å². The summed E-state index contributed by atoms with van der Waals surface area (Å²) in [7, 11) is 0. The highest BCUT2D eigenvalue weighted by atomic mass is 16.4. The minimum atomic E-state index is -0.966. The van der Waals surface area contributed by atoms with Gasteiger partial charge in [-0.15, -0.1) is 0 Å². The number of carboxylic acids is 1. The molecule has 1 saturated carbocycles. The Kier molecular flexibility index (Phi) is 3.21. The van der Waals surface area contributed by atoms with Crippen LogP contribution in [0.25, 0.3) is 0 Å². The molecule has 0 amide bonds. The molecule has 17 heavy (non-hydrogen) atoms. The Bertz CT molecular complexity index is 302. The van der Waals surface area contributed by atoms with Crippen LogP contribution in [0.15, 0.2) is 0 Å². The molecule has 0 aromatic rings. The molecule has 2 aliphatic rings. The van der Waals surface area contributed by atoms with Crippen LogP contribution in [0, 0.1) is 11.3 Å². The number of likely N-dealkylation sites (tertiary alicyclic amines) is 1. The van der Waals surface area contributed by atoms with E-state index < -0.39 is 17.0 Å². The summed E-state index contributed by atoms with van der Waals surface area (Å²) in [5.41, 5.74) is -1.79. The van der Waals surface area contributed by atoms with E-state index in [-0.39, 0.29) is 0 Å². The molecule has 0 aromatic carbocycles. The highest BCUT2D eigenvalue weighted by Gasteiger charge is 2.64. The molecule has 0 aromatic heterocycles. The van der Waals surface area contributed by atoms with Gasteiger partial charge in [0.15, 0.2) is 0 Å². The molecule has 1 aliphatic heterocycles. The fourth-order valence-electron chi connectivity index (χ4n) is 3.10. The number of hydrogen-bond donors (Lipinski definition) is 2. The maximum atomic E-state index is 11.3. The Hall–Kier alpha value is -0.610. The predicted octanol–water partition coefficient (Wildman–Crippen LogP) is 1.33. The average Bonchev–Trinajstić information content (AvgIpc) is 3.02. The summed E-state index contributed by atoms with van der Waals surface area (Å²) in [6.45, 7) is 7.05. The van der Waals surface area contributed by atoms with Gasteiger partial charge >= 0.3 is 5.97 Å². The molecule has 1 saturated heterocycles. The summed E-state index contributed by atoms with van der Waals surface area (Å²) in [6, 6.07) is 0. The van der Waals surface area contributed by atoms with Gasteiger partial charge in [0.05, 0.1) is 11.0 Å². The molecule has 0 unspecified atom stereocenters. The Morgan fingerprint density at radius 3 is 2.12 bits per heavy atom. The second-order valence-corrected chi connectivity index (χ2v) is 6.11. The van der Waals surface area contributed by atoms with Crippen LogP contribution in [-0.4, -0.2) is 46.3 Å². The number of carbonyl (C=O) groups is 1. The van der Waals surface area contributed by atoms with Crippen LogP contribution in [0.5, 0.6) is 0 Å². The van der Waals surface area contributed by atoms with Gasteiger partial charge in [0, 0.05) is 19.6 Å². The van der Waals surface area contributed by atoms with Gasteiger partial charge in [-0.2, -0.15) is 0 Å². The molecular formula is C13H23NO3. The molecule has 1 aliphatic carbocycles. The van der Waals surface area contributed by atoms with Crippen molar-refractivity contribution in [1.29, 1.82) is 0 Å². The van der Waals surface area contributed by atoms with Crippen molar-refractivity contribution >= 4 is 5.97 Å². The summed E-state index contributed by atoms with van der Waals surface area (Å²) in [4.78, 5) is 13.6. The van der Waals surface area contributed by atoms with E-state index in [2.05, 4.69) is 18.7 Å². The van der Waals surface area contributed by atoms with Gasteiger partial charge in [0.1, 0.15) is 0 Å². The van der Waals surface area contributed by atoms with E-state index in [1.54, 1.807) is 0 Å². The van der Waals surface area contributed by atoms with Crippen molar-refractivity contribution < 1.29 is 15.0 Å². The van der Waals surface area contributed by atoms with Crippen LogP contribution in [0.2, 0.25) is 0 Å². The SMILES string of the molecule is CC(C)CN1CCC(O)(C2(C(=O)O)CC2)CC1. The Balaban J connectivity index is 1.96. The van der Waals surface area contributed by atoms with E-state index in [1.165, 1.54) is 0 Å². The topological polar surface area (TPSA) is 60.8 Å². The Morgan fingerprint density at radius 1 is 1.24 bits per heavy atom. The predicted molar refractivity (Wildman–Crippen MR) is 64.8 cm³/mol. The number of aliphatic hydroxyl groups is 1. The smallest absolute Gasteiger partial charge is 0.312 e. The van der Waals surface area contributed by atoms with Crippen molar-refractivity contribution in [3.05, 3.63) is 0 Å². The highest BCUT2D eigenvalue weighted by molar-refractivity contribution is 5.79. The first-order chi connectivity index (χ1) is 7.90. The maximum Gasteiger partial charge on any atom is 0.312 e. The summed E-state index contributed by atoms with van der Waals surface area (Å²) in [5.74, 6) is -0.187. The van der Waals surface area contributed by atoms with Crippen LogP contribution < -0.4 is 0 Å². The van der Waals surface area contributed by atoms with Gasteiger partial charge in [-0.1, -0.05) is 13.8 Å². The lowest BCUT2D eigenvalue weighted by molar-refractivity contribution is -0.160. The van der Waals surface area contributed by atoms with E-state index in [9.17, 15) is 15.0 Å². The Morgan fingerprint density at radius 2 is 1.76 bits per heavy atom. The Labute approximate surface area is 103 Å². The van der Waals surface area contributed by atoms with Crippen molar-refractivity contribution in [2.45, 2.75) is 45.1 Å². The van der Waals surface area contributed by atoms with Crippen LogP contribution in [0.1, 0.15) is 39.5 Å². The molecule has 2 fully saturated rings. The number of nitrogens with zero attached hydrogens (tertiary/aromatic N) is 1. The zero-order chi connectivity index (χ0) is 12.7. The van der Waals surface area contributed by atoms with E-state index in [1.807, 2.05) is 0 Å². The molecule has 0 spiro atoms. The van der Waals surface area contributed by atoms with Crippen molar-refractivity contribution in [1.82, 2.24) is 4.90 Å². The zero-order valence-electron chi connectivity index (χ0n) is 10.8. The van der Waals surface area contributed by atoms with Gasteiger partial charge in [-0.25, -0.2) is 0 Å². The lowest BCUT2D eigenvalue weighted by Crippen LogP contribution is -2.52. The quantitative estimate of drug-likeness (QED) is 0.779. The molecule has 2 rings (SSSR count). The van der Waals surface area contributed by atoms with Crippen LogP contribution in [-0.2, 0) is 4.79 Å². The molecule has 1 heterocycles. The fourth-order valence-corrected chi connectivity index (χ4v) is 3.10. The van der Waals surface area contributed by atoms with E-state index in [0.29, 0.717) is 31.6 Å². The third-order valence-corrected chi connectivity index (χ3v) is 4.36. The first kappa shape index (κ1) is 12.8. The van der Waals surface area contributed by atoms with Crippen LogP contribution >= 0.6 is 0 Å². The summed E-state index contributed by atoms with van der Waals surface area (Å²) in [6.07, 6.45) is 2.49. The van der Waals surface area contributed by atoms with Gasteiger partial charge in [-0.3, -0.25) is 4.79 Å². The van der Waals surface area contributed by atoms with Gasteiger partial charge in [-0.05, 0) is 31.6 Å². The highest BCUT2D eigenvalue weighted by Crippen LogP contribution is 2.57. The third kappa shape index (κ3) is 2.20. The molecular weight excluding hydrogens is 218 g/mol. The van der Waals surface area contributed by atoms with E-state index in [0.717, 1.165) is 19.6 Å². The number of piperidine rings is 1. The number of rotatable bonds is 4. The zero-order valence-corrected chi connectivity index (χ0v) is 10.8. The largest absolute Gasteiger partial charge is 0.481 e. The lowest BCUT2D eigenvalue weighted by Gasteiger charge is -2.42. The minimum absolute atomic E-state index is 0.603. The summed E-state index contributed by atoms with van der Waals surface area (Å²) in [5, 5.41) is 19.8. The normalized spacial score (nSPS) is 27.1. The number of carboxylic acid groups (broad SMARTS) is 1. The van der Waals surface area contributed by atoms with Crippen LogP contribution in [0.3, 0.4) is 0 Å². The minimum Gasteiger partial charge on any atom is -0.481 e. The second-order valence-electron chi connectivity index (χ2n) is 6.11. The average molecular weight is 241 g/mol. The van der Waals surface area contributed by atoms with Crippen molar-refractivity contribution in [2.75, 3.05) is 19.6 Å². The van der Waals surface area contributed by atoms with Gasteiger partial charge in [0.2, 0.25) is 0 Å². The molecule has 0 atom stereocenters. The standard InChI is InChI=1S/C13H23NO3/c1-10(2)9-14-7-5-13(17,6-8-14)12(3-4-12)11(15)16/h10,17H,3-9H2,1-2H3,(H,15,16). The van der Waals surface area contributed by atoms with Crippen molar-refractivity contribution in [3.63, 3.8) is 0 Å². The van der Waals surface area contributed by atoms with Crippen molar-refractivity contribution in [3.8, 4) is 0 Å². The number of hydrogen-bond acceptors (Lipinski definition) is 3. The maximum absolute atomic E-state index is 11.3. The lowest BCUT2D eigenvalue weighted by atomic mass is 9.76. The first-order valence-electron chi connectivity index (χ1n) is 6.58. The summed E-state index contributed by atoms with van der Waals surface area (Å²) < 4.78 is 0.